The lowest BCUT2D eigenvalue weighted by atomic mass is 9.96. The fourth-order valence-corrected chi connectivity index (χ4v) is 3.03. The zero-order valence-electron chi connectivity index (χ0n) is 17.3. The summed E-state index contributed by atoms with van der Waals surface area (Å²) in [5.74, 6) is -0.390. The molecule has 0 aliphatic carbocycles. The molecule has 0 saturated carbocycles. The Labute approximate surface area is 181 Å². The fraction of sp³-hybridized carbons (Fsp3) is 0.160. The molecule has 3 rings (SSSR count). The van der Waals surface area contributed by atoms with Gasteiger partial charge in [-0.05, 0) is 55.8 Å². The summed E-state index contributed by atoms with van der Waals surface area (Å²) in [6.45, 7) is 3.95. The van der Waals surface area contributed by atoms with Crippen molar-refractivity contribution in [2.24, 2.45) is 0 Å². The third-order valence-corrected chi connectivity index (χ3v) is 4.57. The van der Waals surface area contributed by atoms with Crippen molar-refractivity contribution in [3.8, 4) is 22.9 Å². The largest absolute Gasteiger partial charge is 0.494 e. The van der Waals surface area contributed by atoms with Gasteiger partial charge in [-0.15, -0.1) is 0 Å². The van der Waals surface area contributed by atoms with Crippen LogP contribution in [0.15, 0.2) is 72.8 Å². The molecule has 3 aromatic rings. The minimum Gasteiger partial charge on any atom is -0.494 e. The Bertz CT molecular complexity index is 1120. The topological polar surface area (TPSA) is 88.4 Å². The lowest BCUT2D eigenvalue weighted by Crippen LogP contribution is -2.30. The molecule has 0 heterocycles. The summed E-state index contributed by atoms with van der Waals surface area (Å²) in [4.78, 5) is 25.3. The molecule has 31 heavy (non-hydrogen) atoms. The first-order valence-corrected chi connectivity index (χ1v) is 9.86. The number of nitriles is 1. The number of ether oxygens (including phenoxy) is 2. The standard InChI is InChI=1S/C25H22N2O4/c1-3-30-20-14-12-19(13-15-20)27-24(28)17(2)31-25(29)23-11-7-6-10-22(23)21-9-5-4-8-18(21)16-26/h4-15,17H,3H2,1-2H3,(H,27,28)/t17-/m1/s1. The average Bonchev–Trinajstić information content (AvgIpc) is 2.80. The first kappa shape index (κ1) is 21.6. The van der Waals surface area contributed by atoms with Gasteiger partial charge in [0.2, 0.25) is 0 Å². The predicted molar refractivity (Wildman–Crippen MR) is 118 cm³/mol. The molecule has 0 radical (unpaired) electrons. The number of hydrogen-bond donors (Lipinski definition) is 1. The van der Waals surface area contributed by atoms with E-state index in [2.05, 4.69) is 11.4 Å². The second-order valence-electron chi connectivity index (χ2n) is 6.70. The summed E-state index contributed by atoms with van der Waals surface area (Å²) in [6.07, 6.45) is -1.02. The summed E-state index contributed by atoms with van der Waals surface area (Å²) in [6, 6.07) is 22.9. The molecule has 3 aromatic carbocycles. The van der Waals surface area contributed by atoms with Gasteiger partial charge in [-0.2, -0.15) is 5.26 Å². The Balaban J connectivity index is 1.73. The van der Waals surface area contributed by atoms with E-state index in [0.717, 1.165) is 0 Å². The highest BCUT2D eigenvalue weighted by molar-refractivity contribution is 6.01. The van der Waals surface area contributed by atoms with E-state index in [0.29, 0.717) is 34.7 Å². The van der Waals surface area contributed by atoms with Gasteiger partial charge in [-0.3, -0.25) is 4.79 Å². The molecule has 1 N–H and O–H groups in total. The van der Waals surface area contributed by atoms with Gasteiger partial charge < -0.3 is 14.8 Å². The molecule has 156 valence electrons. The van der Waals surface area contributed by atoms with Crippen molar-refractivity contribution in [1.82, 2.24) is 0 Å². The van der Waals surface area contributed by atoms with Crippen molar-refractivity contribution in [3.63, 3.8) is 0 Å². The van der Waals surface area contributed by atoms with E-state index >= 15 is 0 Å². The Morgan fingerprint density at radius 1 is 0.968 bits per heavy atom. The highest BCUT2D eigenvalue weighted by Crippen LogP contribution is 2.27. The highest BCUT2D eigenvalue weighted by Gasteiger charge is 2.22. The van der Waals surface area contributed by atoms with Crippen molar-refractivity contribution in [2.75, 3.05) is 11.9 Å². The van der Waals surface area contributed by atoms with E-state index in [4.69, 9.17) is 9.47 Å². The maximum Gasteiger partial charge on any atom is 0.339 e. The van der Waals surface area contributed by atoms with Gasteiger partial charge >= 0.3 is 5.97 Å². The number of anilines is 1. The van der Waals surface area contributed by atoms with E-state index < -0.39 is 18.0 Å². The third kappa shape index (κ3) is 5.28. The van der Waals surface area contributed by atoms with E-state index in [1.807, 2.05) is 6.92 Å². The molecule has 0 bridgehead atoms. The zero-order chi connectivity index (χ0) is 22.2. The maximum absolute atomic E-state index is 12.8. The van der Waals surface area contributed by atoms with Crippen LogP contribution in [0.1, 0.15) is 29.8 Å². The number of carbonyl (C=O) groups excluding carboxylic acids is 2. The molecule has 0 spiro atoms. The van der Waals surface area contributed by atoms with Gasteiger partial charge in [-0.25, -0.2) is 4.79 Å². The van der Waals surface area contributed by atoms with Gasteiger partial charge in [0.1, 0.15) is 5.75 Å². The number of nitrogens with zero attached hydrogens (tertiary/aromatic N) is 1. The van der Waals surface area contributed by atoms with E-state index in [1.165, 1.54) is 6.92 Å². The zero-order valence-corrected chi connectivity index (χ0v) is 17.3. The molecule has 0 saturated heterocycles. The lowest BCUT2D eigenvalue weighted by Gasteiger charge is -2.16. The van der Waals surface area contributed by atoms with Crippen molar-refractivity contribution >= 4 is 17.6 Å². The van der Waals surface area contributed by atoms with Crippen LogP contribution in [0.2, 0.25) is 0 Å². The molecule has 0 unspecified atom stereocenters. The molecule has 6 nitrogen and oxygen atoms in total. The van der Waals surface area contributed by atoms with Gasteiger partial charge in [0, 0.05) is 11.3 Å². The second-order valence-corrected chi connectivity index (χ2v) is 6.70. The van der Waals surface area contributed by atoms with Crippen molar-refractivity contribution in [2.45, 2.75) is 20.0 Å². The highest BCUT2D eigenvalue weighted by atomic mass is 16.5. The molecule has 1 atom stereocenters. The number of esters is 1. The van der Waals surface area contributed by atoms with Gasteiger partial charge in [0.05, 0.1) is 23.8 Å². The summed E-state index contributed by atoms with van der Waals surface area (Å²) in [5, 5.41) is 12.1. The van der Waals surface area contributed by atoms with E-state index in [-0.39, 0.29) is 5.56 Å². The fourth-order valence-electron chi connectivity index (χ4n) is 3.03. The molecule has 1 amide bonds. The van der Waals surface area contributed by atoms with Crippen LogP contribution in [0.3, 0.4) is 0 Å². The minimum atomic E-state index is -1.02. The number of carbonyl (C=O) groups is 2. The molecule has 0 aliphatic heterocycles. The Kier molecular flexibility index (Phi) is 7.02. The average molecular weight is 414 g/mol. The van der Waals surface area contributed by atoms with Gasteiger partial charge in [-0.1, -0.05) is 36.4 Å². The SMILES string of the molecule is CCOc1ccc(NC(=O)[C@@H](C)OC(=O)c2ccccc2-c2ccccc2C#N)cc1. The molecule has 6 heteroatoms. The number of nitrogens with one attached hydrogen (secondary N) is 1. The summed E-state index contributed by atoms with van der Waals surface area (Å²) < 4.78 is 10.8. The van der Waals surface area contributed by atoms with Crippen LogP contribution in [0.4, 0.5) is 5.69 Å². The quantitative estimate of drug-likeness (QED) is 0.561. The van der Waals surface area contributed by atoms with E-state index in [1.54, 1.807) is 72.8 Å². The second kappa shape index (κ2) is 10.1. The van der Waals surface area contributed by atoms with Crippen molar-refractivity contribution < 1.29 is 19.1 Å². The van der Waals surface area contributed by atoms with Gasteiger partial charge in [0.25, 0.3) is 5.91 Å². The molecular formula is C25H22N2O4. The minimum absolute atomic E-state index is 0.283. The van der Waals surface area contributed by atoms with Crippen LogP contribution < -0.4 is 10.1 Å². The molecule has 0 aliphatic rings. The van der Waals surface area contributed by atoms with Crippen LogP contribution in [-0.2, 0) is 9.53 Å². The van der Waals surface area contributed by atoms with Crippen molar-refractivity contribution in [1.29, 1.82) is 5.26 Å². The number of benzene rings is 3. The normalized spacial score (nSPS) is 11.1. The molecule has 0 fully saturated rings. The van der Waals surface area contributed by atoms with Crippen LogP contribution in [0, 0.1) is 11.3 Å². The Morgan fingerprint density at radius 3 is 2.29 bits per heavy atom. The first-order valence-electron chi connectivity index (χ1n) is 9.86. The van der Waals surface area contributed by atoms with Crippen LogP contribution in [0.5, 0.6) is 5.75 Å². The smallest absolute Gasteiger partial charge is 0.339 e. The van der Waals surface area contributed by atoms with Crippen molar-refractivity contribution in [3.05, 3.63) is 83.9 Å². The summed E-state index contributed by atoms with van der Waals surface area (Å²) >= 11 is 0. The van der Waals surface area contributed by atoms with Crippen LogP contribution in [-0.4, -0.2) is 24.6 Å². The van der Waals surface area contributed by atoms with Crippen LogP contribution >= 0.6 is 0 Å². The predicted octanol–water partition coefficient (Wildman–Crippen LogP) is 4.81. The number of amides is 1. The number of hydrogen-bond acceptors (Lipinski definition) is 5. The third-order valence-electron chi connectivity index (χ3n) is 4.57. The Morgan fingerprint density at radius 2 is 1.61 bits per heavy atom. The van der Waals surface area contributed by atoms with Crippen LogP contribution in [0.25, 0.3) is 11.1 Å². The lowest BCUT2D eigenvalue weighted by molar-refractivity contribution is -0.123. The summed E-state index contributed by atoms with van der Waals surface area (Å²) in [7, 11) is 0. The number of rotatable bonds is 7. The molecule has 0 aromatic heterocycles. The molecular weight excluding hydrogens is 392 g/mol. The summed E-state index contributed by atoms with van der Waals surface area (Å²) in [5.41, 5.74) is 2.50. The first-order chi connectivity index (χ1) is 15.0. The van der Waals surface area contributed by atoms with E-state index in [9.17, 15) is 14.9 Å². The Hall–Kier alpha value is -4.11. The maximum atomic E-state index is 12.8. The van der Waals surface area contributed by atoms with Gasteiger partial charge in [0.15, 0.2) is 6.10 Å². The monoisotopic (exact) mass is 414 g/mol.